The van der Waals surface area contributed by atoms with E-state index in [1.807, 2.05) is 0 Å². The first kappa shape index (κ1) is 32.3. The predicted molar refractivity (Wildman–Crippen MR) is 158 cm³/mol. The van der Waals surface area contributed by atoms with E-state index in [2.05, 4.69) is 27.7 Å². The van der Waals surface area contributed by atoms with Crippen LogP contribution >= 0.6 is 0 Å². The van der Waals surface area contributed by atoms with Crippen molar-refractivity contribution in [2.75, 3.05) is 20.3 Å². The average Bonchev–Trinajstić information content (AvgIpc) is 3.44. The monoisotopic (exact) mass is 608 g/mol. The minimum Gasteiger partial charge on any atom is -0.394 e. The Balaban J connectivity index is 1.08. The van der Waals surface area contributed by atoms with E-state index in [9.17, 15) is 25.2 Å². The Morgan fingerprint density at radius 1 is 1.02 bits per heavy atom. The molecule has 16 unspecified atom stereocenters. The molecule has 9 heteroatoms. The lowest BCUT2D eigenvalue weighted by molar-refractivity contribution is -0.303. The SMILES string of the molecule is COC1(CCC(C)COC2OC(CO)C(O)C(O)C2O)OC2CC3C4CCC5CC(=O)CCC5(C)C4CCC3(C)C2C1C. The molecule has 0 aromatic rings. The van der Waals surface area contributed by atoms with E-state index in [1.54, 1.807) is 7.11 Å². The molecule has 2 heterocycles. The summed E-state index contributed by atoms with van der Waals surface area (Å²) in [5.74, 6) is 3.34. The summed E-state index contributed by atoms with van der Waals surface area (Å²) in [6.45, 7) is 9.27. The first-order valence-electron chi connectivity index (χ1n) is 17.0. The lowest BCUT2D eigenvalue weighted by Gasteiger charge is -2.60. The Labute approximate surface area is 257 Å². The standard InChI is InChI=1S/C34H56O9/c1-18(17-41-31-30(39)29(38)28(37)26(16-35)42-31)8-13-34(40-5)19(2)27-25(43-34)15-24-22-7-6-20-14-21(36)9-11-32(20,3)23(22)10-12-33(24,27)4/h18-20,22-31,35,37-39H,6-17H2,1-5H3. The molecule has 0 amide bonds. The highest BCUT2D eigenvalue weighted by molar-refractivity contribution is 5.79. The third-order valence-electron chi connectivity index (χ3n) is 13.9. The van der Waals surface area contributed by atoms with E-state index in [4.69, 9.17) is 18.9 Å². The van der Waals surface area contributed by atoms with Gasteiger partial charge in [-0.2, -0.15) is 0 Å². The van der Waals surface area contributed by atoms with Crippen LogP contribution in [0.4, 0.5) is 0 Å². The van der Waals surface area contributed by atoms with Gasteiger partial charge < -0.3 is 39.4 Å². The van der Waals surface area contributed by atoms with Gasteiger partial charge >= 0.3 is 0 Å². The number of Topliss-reactive ketones (excluding diaryl/α,β-unsaturated/α-hetero) is 1. The summed E-state index contributed by atoms with van der Waals surface area (Å²) in [7, 11) is 1.77. The summed E-state index contributed by atoms with van der Waals surface area (Å²) in [6.07, 6.45) is 4.09. The van der Waals surface area contributed by atoms with E-state index in [0.29, 0.717) is 29.0 Å². The Bertz CT molecular complexity index is 1020. The van der Waals surface area contributed by atoms with Crippen LogP contribution in [0.15, 0.2) is 0 Å². The molecule has 0 spiro atoms. The van der Waals surface area contributed by atoms with Gasteiger partial charge in [0.25, 0.3) is 0 Å². The van der Waals surface area contributed by atoms with Crippen molar-refractivity contribution in [1.29, 1.82) is 0 Å². The Morgan fingerprint density at radius 2 is 1.79 bits per heavy atom. The molecule has 0 radical (unpaired) electrons. The maximum Gasteiger partial charge on any atom is 0.186 e. The van der Waals surface area contributed by atoms with Crippen LogP contribution in [0.5, 0.6) is 0 Å². The second-order valence-corrected chi connectivity index (χ2v) is 15.8. The molecule has 0 bridgehead atoms. The van der Waals surface area contributed by atoms with Crippen LogP contribution in [0, 0.1) is 52.3 Å². The number of aliphatic hydroxyl groups is 4. The molecule has 0 aromatic heterocycles. The van der Waals surface area contributed by atoms with Crippen molar-refractivity contribution in [3.05, 3.63) is 0 Å². The van der Waals surface area contributed by atoms with Crippen molar-refractivity contribution in [2.24, 2.45) is 52.3 Å². The van der Waals surface area contributed by atoms with Gasteiger partial charge in [-0.25, -0.2) is 0 Å². The zero-order valence-electron chi connectivity index (χ0n) is 26.8. The number of ketones is 1. The molecule has 4 saturated carbocycles. The van der Waals surface area contributed by atoms with Crippen molar-refractivity contribution in [3.63, 3.8) is 0 Å². The topological polar surface area (TPSA) is 135 Å². The van der Waals surface area contributed by atoms with Gasteiger partial charge in [0.15, 0.2) is 12.1 Å². The molecule has 0 aromatic carbocycles. The maximum atomic E-state index is 12.3. The molecule has 43 heavy (non-hydrogen) atoms. The molecule has 6 rings (SSSR count). The largest absolute Gasteiger partial charge is 0.394 e. The maximum absolute atomic E-state index is 12.3. The summed E-state index contributed by atoms with van der Waals surface area (Å²) >= 11 is 0. The van der Waals surface area contributed by atoms with Crippen molar-refractivity contribution < 1.29 is 44.2 Å². The van der Waals surface area contributed by atoms with Gasteiger partial charge in [0.2, 0.25) is 0 Å². The number of rotatable bonds is 8. The normalized spacial score (nSPS) is 53.6. The van der Waals surface area contributed by atoms with Crippen molar-refractivity contribution in [3.8, 4) is 0 Å². The lowest BCUT2D eigenvalue weighted by atomic mass is 9.44. The van der Waals surface area contributed by atoms with Crippen LogP contribution in [0.1, 0.15) is 91.9 Å². The number of fused-ring (bicyclic) bond motifs is 7. The summed E-state index contributed by atoms with van der Waals surface area (Å²) in [5, 5.41) is 39.9. The molecule has 4 aliphatic carbocycles. The molecular weight excluding hydrogens is 552 g/mol. The number of hydrogen-bond donors (Lipinski definition) is 4. The molecule has 9 nitrogen and oxygen atoms in total. The van der Waals surface area contributed by atoms with Gasteiger partial charge in [0.05, 0.1) is 19.3 Å². The molecule has 2 aliphatic heterocycles. The summed E-state index contributed by atoms with van der Waals surface area (Å²) < 4.78 is 24.6. The van der Waals surface area contributed by atoms with Crippen molar-refractivity contribution in [2.45, 2.75) is 135 Å². The molecule has 6 fully saturated rings. The van der Waals surface area contributed by atoms with Crippen LogP contribution in [-0.4, -0.2) is 89.1 Å². The van der Waals surface area contributed by atoms with Crippen LogP contribution in [0.3, 0.4) is 0 Å². The second kappa shape index (κ2) is 11.9. The number of hydrogen-bond acceptors (Lipinski definition) is 9. The van der Waals surface area contributed by atoms with Crippen molar-refractivity contribution in [1.82, 2.24) is 0 Å². The highest BCUT2D eigenvalue weighted by Crippen LogP contribution is 2.71. The van der Waals surface area contributed by atoms with E-state index in [-0.39, 0.29) is 30.0 Å². The van der Waals surface area contributed by atoms with Gasteiger partial charge in [-0.05, 0) is 91.3 Å². The van der Waals surface area contributed by atoms with Crippen LogP contribution in [0.25, 0.3) is 0 Å². The number of aliphatic hydroxyl groups excluding tert-OH is 4. The summed E-state index contributed by atoms with van der Waals surface area (Å²) in [6, 6.07) is 0. The molecule has 4 N–H and O–H groups in total. The molecule has 16 atom stereocenters. The first-order valence-corrected chi connectivity index (χ1v) is 17.0. The van der Waals surface area contributed by atoms with Crippen molar-refractivity contribution >= 4 is 5.78 Å². The fourth-order valence-corrected chi connectivity index (χ4v) is 11.3. The third-order valence-corrected chi connectivity index (χ3v) is 13.9. The molecular formula is C34H56O9. The smallest absolute Gasteiger partial charge is 0.186 e. The highest BCUT2D eigenvalue weighted by Gasteiger charge is 2.68. The van der Waals surface area contributed by atoms with Gasteiger partial charge in [-0.1, -0.05) is 27.7 Å². The molecule has 2 saturated heterocycles. The zero-order valence-corrected chi connectivity index (χ0v) is 26.8. The summed E-state index contributed by atoms with van der Waals surface area (Å²) in [5.41, 5.74) is 0.545. The van der Waals surface area contributed by atoms with Crippen LogP contribution in [0.2, 0.25) is 0 Å². The average molecular weight is 609 g/mol. The lowest BCUT2D eigenvalue weighted by Crippen LogP contribution is -2.59. The fourth-order valence-electron chi connectivity index (χ4n) is 11.3. The van der Waals surface area contributed by atoms with E-state index >= 15 is 0 Å². The second-order valence-electron chi connectivity index (χ2n) is 15.8. The minimum atomic E-state index is -1.44. The summed E-state index contributed by atoms with van der Waals surface area (Å²) in [4.78, 5) is 12.3. The third kappa shape index (κ3) is 5.16. The highest BCUT2D eigenvalue weighted by atomic mass is 16.7. The number of carbonyl (C=O) groups excluding carboxylic acids is 1. The van der Waals surface area contributed by atoms with Gasteiger partial charge in [-0.15, -0.1) is 0 Å². The van der Waals surface area contributed by atoms with E-state index < -0.39 is 43.1 Å². The Hall–Kier alpha value is -0.650. The molecule has 246 valence electrons. The van der Waals surface area contributed by atoms with E-state index in [1.165, 1.54) is 25.7 Å². The predicted octanol–water partition coefficient (Wildman–Crippen LogP) is 3.43. The van der Waals surface area contributed by atoms with Crippen LogP contribution in [-0.2, 0) is 23.7 Å². The van der Waals surface area contributed by atoms with Crippen LogP contribution < -0.4 is 0 Å². The first-order chi connectivity index (χ1) is 20.4. The van der Waals surface area contributed by atoms with Gasteiger partial charge in [0, 0.05) is 32.3 Å². The quantitative estimate of drug-likeness (QED) is 0.327. The van der Waals surface area contributed by atoms with Gasteiger partial charge in [0.1, 0.15) is 30.2 Å². The minimum absolute atomic E-state index is 0.104. The Kier molecular flexibility index (Phi) is 8.91. The number of ether oxygens (including phenoxy) is 4. The zero-order chi connectivity index (χ0) is 30.9. The number of carbonyl (C=O) groups is 1. The fraction of sp³-hybridized carbons (Fsp3) is 0.971. The number of methoxy groups -OCH3 is 1. The molecule has 6 aliphatic rings. The Morgan fingerprint density at radius 3 is 2.51 bits per heavy atom. The van der Waals surface area contributed by atoms with Gasteiger partial charge in [-0.3, -0.25) is 4.79 Å². The van der Waals surface area contributed by atoms with E-state index in [0.717, 1.165) is 50.4 Å².